The summed E-state index contributed by atoms with van der Waals surface area (Å²) in [5, 5.41) is 10.1. The van der Waals surface area contributed by atoms with Crippen LogP contribution in [0.25, 0.3) is 10.9 Å². The molecule has 2 heterocycles. The summed E-state index contributed by atoms with van der Waals surface area (Å²) < 4.78 is 12.3. The van der Waals surface area contributed by atoms with Crippen molar-refractivity contribution >= 4 is 16.9 Å². The van der Waals surface area contributed by atoms with E-state index in [1.165, 1.54) is 6.26 Å². The highest BCUT2D eigenvalue weighted by Crippen LogP contribution is 2.27. The molecule has 0 spiro atoms. The minimum atomic E-state index is -1.06. The first-order valence-corrected chi connectivity index (χ1v) is 6.12. The standard InChI is InChI=1S/C15H13NO4/c1-19-13-4-2-3-12-11(13)5-7-16(12)9-10-6-8-20-14(10)15(17)18/h2-8H,9H2,1H3,(H,17,18). The number of carbonyl (C=O) groups is 1. The fourth-order valence-corrected chi connectivity index (χ4v) is 2.34. The predicted octanol–water partition coefficient (Wildman–Crippen LogP) is 2.99. The van der Waals surface area contributed by atoms with Crippen LogP contribution in [0.4, 0.5) is 0 Å². The van der Waals surface area contributed by atoms with Crippen molar-refractivity contribution in [3.63, 3.8) is 0 Å². The second-order valence-corrected chi connectivity index (χ2v) is 4.42. The second-order valence-electron chi connectivity index (χ2n) is 4.42. The van der Waals surface area contributed by atoms with Gasteiger partial charge in [0.2, 0.25) is 5.76 Å². The molecule has 1 N–H and O–H groups in total. The molecule has 0 atom stereocenters. The van der Waals surface area contributed by atoms with E-state index in [9.17, 15) is 4.79 Å². The van der Waals surface area contributed by atoms with E-state index in [0.29, 0.717) is 12.1 Å². The molecule has 0 bridgehead atoms. The van der Waals surface area contributed by atoms with Crippen molar-refractivity contribution in [2.45, 2.75) is 6.54 Å². The lowest BCUT2D eigenvalue weighted by Crippen LogP contribution is -2.03. The number of carboxylic acid groups (broad SMARTS) is 1. The molecule has 0 radical (unpaired) electrons. The fraction of sp³-hybridized carbons (Fsp3) is 0.133. The molecule has 1 aromatic carbocycles. The number of carboxylic acids is 1. The molecule has 0 aliphatic rings. The molecule has 3 rings (SSSR count). The van der Waals surface area contributed by atoms with Gasteiger partial charge in [0.25, 0.3) is 0 Å². The van der Waals surface area contributed by atoms with Crippen LogP contribution in [0.15, 0.2) is 47.2 Å². The molecule has 0 saturated carbocycles. The van der Waals surface area contributed by atoms with Crippen molar-refractivity contribution in [2.75, 3.05) is 7.11 Å². The Morgan fingerprint density at radius 3 is 2.95 bits per heavy atom. The maximum atomic E-state index is 11.1. The summed E-state index contributed by atoms with van der Waals surface area (Å²) in [6.07, 6.45) is 3.30. The number of furan rings is 1. The largest absolute Gasteiger partial charge is 0.496 e. The van der Waals surface area contributed by atoms with Gasteiger partial charge in [0, 0.05) is 17.1 Å². The van der Waals surface area contributed by atoms with E-state index in [-0.39, 0.29) is 5.76 Å². The van der Waals surface area contributed by atoms with Crippen LogP contribution < -0.4 is 4.74 Å². The van der Waals surface area contributed by atoms with Crippen LogP contribution in [0.5, 0.6) is 5.75 Å². The number of benzene rings is 1. The van der Waals surface area contributed by atoms with Gasteiger partial charge in [0.05, 0.1) is 25.4 Å². The summed E-state index contributed by atoms with van der Waals surface area (Å²) in [6, 6.07) is 9.40. The van der Waals surface area contributed by atoms with E-state index < -0.39 is 5.97 Å². The monoisotopic (exact) mass is 271 g/mol. The molecule has 5 heteroatoms. The van der Waals surface area contributed by atoms with E-state index in [0.717, 1.165) is 16.7 Å². The molecule has 2 aromatic heterocycles. The van der Waals surface area contributed by atoms with Gasteiger partial charge in [-0.25, -0.2) is 4.79 Å². The van der Waals surface area contributed by atoms with Gasteiger partial charge < -0.3 is 18.8 Å². The Kier molecular flexibility index (Phi) is 2.95. The highest BCUT2D eigenvalue weighted by molar-refractivity contribution is 5.87. The molecule has 0 amide bonds. The third-order valence-corrected chi connectivity index (χ3v) is 3.28. The molecule has 0 aliphatic heterocycles. The van der Waals surface area contributed by atoms with Gasteiger partial charge in [-0.1, -0.05) is 6.07 Å². The molecule has 3 aromatic rings. The summed E-state index contributed by atoms with van der Waals surface area (Å²) in [7, 11) is 1.63. The van der Waals surface area contributed by atoms with E-state index in [1.54, 1.807) is 13.2 Å². The Balaban J connectivity index is 2.03. The van der Waals surface area contributed by atoms with Crippen LogP contribution in [0.1, 0.15) is 16.1 Å². The van der Waals surface area contributed by atoms with Crippen LogP contribution in [-0.4, -0.2) is 22.8 Å². The van der Waals surface area contributed by atoms with Crippen molar-refractivity contribution in [3.05, 3.63) is 54.1 Å². The van der Waals surface area contributed by atoms with Crippen molar-refractivity contribution in [1.29, 1.82) is 0 Å². The summed E-state index contributed by atoms with van der Waals surface area (Å²) in [5.41, 5.74) is 1.62. The average Bonchev–Trinajstić information content (AvgIpc) is 3.06. The van der Waals surface area contributed by atoms with E-state index in [2.05, 4.69) is 0 Å². The van der Waals surface area contributed by atoms with Crippen LogP contribution in [0.3, 0.4) is 0 Å². The summed E-state index contributed by atoms with van der Waals surface area (Å²) in [6.45, 7) is 0.439. The van der Waals surface area contributed by atoms with Crippen molar-refractivity contribution < 1.29 is 19.1 Å². The first-order chi connectivity index (χ1) is 9.70. The zero-order chi connectivity index (χ0) is 14.1. The number of methoxy groups -OCH3 is 1. The molecule has 0 aliphatic carbocycles. The topological polar surface area (TPSA) is 64.6 Å². The summed E-state index contributed by atoms with van der Waals surface area (Å²) in [5.74, 6) is -0.277. The number of hydrogen-bond donors (Lipinski definition) is 1. The Morgan fingerprint density at radius 1 is 1.35 bits per heavy atom. The fourth-order valence-electron chi connectivity index (χ4n) is 2.34. The second kappa shape index (κ2) is 4.77. The lowest BCUT2D eigenvalue weighted by molar-refractivity contribution is 0.0660. The molecule has 102 valence electrons. The third kappa shape index (κ3) is 1.93. The average molecular weight is 271 g/mol. The normalized spacial score (nSPS) is 10.8. The van der Waals surface area contributed by atoms with Gasteiger partial charge >= 0.3 is 5.97 Å². The number of ether oxygens (including phenoxy) is 1. The zero-order valence-corrected chi connectivity index (χ0v) is 10.9. The Bertz CT molecular complexity index is 769. The third-order valence-electron chi connectivity index (χ3n) is 3.28. The minimum absolute atomic E-state index is 0.0188. The molecule has 0 fully saturated rings. The number of rotatable bonds is 4. The molecular weight excluding hydrogens is 258 g/mol. The lowest BCUT2D eigenvalue weighted by atomic mass is 10.2. The smallest absolute Gasteiger partial charge is 0.372 e. The van der Waals surface area contributed by atoms with E-state index in [1.807, 2.05) is 35.0 Å². The first kappa shape index (κ1) is 12.3. The molecule has 0 saturated heterocycles. The number of aromatic nitrogens is 1. The highest BCUT2D eigenvalue weighted by atomic mass is 16.5. The number of aromatic carboxylic acids is 1. The van der Waals surface area contributed by atoms with E-state index >= 15 is 0 Å². The van der Waals surface area contributed by atoms with Gasteiger partial charge in [0.1, 0.15) is 5.75 Å². The van der Waals surface area contributed by atoms with Crippen molar-refractivity contribution in [1.82, 2.24) is 4.57 Å². The number of hydrogen-bond acceptors (Lipinski definition) is 3. The SMILES string of the molecule is COc1cccc2c1ccn2Cc1ccoc1C(=O)O. The Labute approximate surface area is 115 Å². The Hall–Kier alpha value is -2.69. The maximum absolute atomic E-state index is 11.1. The maximum Gasteiger partial charge on any atom is 0.372 e. The summed E-state index contributed by atoms with van der Waals surface area (Å²) >= 11 is 0. The van der Waals surface area contributed by atoms with Gasteiger partial charge in [0.15, 0.2) is 0 Å². The van der Waals surface area contributed by atoms with Crippen molar-refractivity contribution in [2.24, 2.45) is 0 Å². The van der Waals surface area contributed by atoms with Gasteiger partial charge in [-0.05, 0) is 24.3 Å². The number of nitrogens with zero attached hydrogens (tertiary/aromatic N) is 1. The van der Waals surface area contributed by atoms with Crippen LogP contribution in [0.2, 0.25) is 0 Å². The molecule has 0 unspecified atom stereocenters. The number of fused-ring (bicyclic) bond motifs is 1. The minimum Gasteiger partial charge on any atom is -0.496 e. The van der Waals surface area contributed by atoms with Gasteiger partial charge in [-0.15, -0.1) is 0 Å². The lowest BCUT2D eigenvalue weighted by Gasteiger charge is -2.06. The molecule has 5 nitrogen and oxygen atoms in total. The predicted molar refractivity (Wildman–Crippen MR) is 73.3 cm³/mol. The summed E-state index contributed by atoms with van der Waals surface area (Å²) in [4.78, 5) is 11.1. The quantitative estimate of drug-likeness (QED) is 0.792. The first-order valence-electron chi connectivity index (χ1n) is 6.12. The van der Waals surface area contributed by atoms with Gasteiger partial charge in [-0.2, -0.15) is 0 Å². The van der Waals surface area contributed by atoms with Crippen molar-refractivity contribution in [3.8, 4) is 5.75 Å². The zero-order valence-electron chi connectivity index (χ0n) is 10.9. The van der Waals surface area contributed by atoms with Crippen LogP contribution >= 0.6 is 0 Å². The molecular formula is C15H13NO4. The highest BCUT2D eigenvalue weighted by Gasteiger charge is 2.15. The van der Waals surface area contributed by atoms with Crippen LogP contribution in [0, 0.1) is 0 Å². The Morgan fingerprint density at radius 2 is 2.20 bits per heavy atom. The molecule has 20 heavy (non-hydrogen) atoms. The van der Waals surface area contributed by atoms with E-state index in [4.69, 9.17) is 14.3 Å². The van der Waals surface area contributed by atoms with Crippen LogP contribution in [-0.2, 0) is 6.54 Å². The van der Waals surface area contributed by atoms with Gasteiger partial charge in [-0.3, -0.25) is 0 Å².